The van der Waals surface area contributed by atoms with Crippen LogP contribution >= 0.6 is 0 Å². The first kappa shape index (κ1) is 18.7. The minimum atomic E-state index is 0.0619. The molecule has 0 radical (unpaired) electrons. The molecule has 0 aromatic heterocycles. The molecule has 2 aliphatic heterocycles. The highest BCUT2D eigenvalue weighted by atomic mass is 16.2. The van der Waals surface area contributed by atoms with E-state index >= 15 is 0 Å². The number of benzene rings is 2. The number of carbonyl (C=O) groups excluding carboxylic acids is 2. The van der Waals surface area contributed by atoms with E-state index in [-0.39, 0.29) is 17.7 Å². The van der Waals surface area contributed by atoms with Crippen LogP contribution < -0.4 is 10.2 Å². The van der Waals surface area contributed by atoms with Gasteiger partial charge in [0.15, 0.2) is 0 Å². The highest BCUT2D eigenvalue weighted by molar-refractivity contribution is 5.96. The van der Waals surface area contributed by atoms with Gasteiger partial charge in [-0.05, 0) is 62.2 Å². The number of anilines is 2. The normalized spacial score (nSPS) is 18.4. The van der Waals surface area contributed by atoms with Crippen molar-refractivity contribution in [3.8, 4) is 0 Å². The van der Waals surface area contributed by atoms with E-state index < -0.39 is 0 Å². The third-order valence-corrected chi connectivity index (χ3v) is 5.73. The van der Waals surface area contributed by atoms with Crippen molar-refractivity contribution in [2.45, 2.75) is 32.2 Å². The highest BCUT2D eigenvalue weighted by Gasteiger charge is 2.25. The lowest BCUT2D eigenvalue weighted by molar-refractivity contribution is -0.121. The number of piperidine rings is 1. The number of hydrogen-bond acceptors (Lipinski definition) is 3. The minimum Gasteiger partial charge on any atom is -0.326 e. The van der Waals surface area contributed by atoms with Gasteiger partial charge < -0.3 is 10.2 Å². The quantitative estimate of drug-likeness (QED) is 0.865. The van der Waals surface area contributed by atoms with E-state index in [1.165, 1.54) is 5.56 Å². The van der Waals surface area contributed by atoms with Crippen LogP contribution in [0.15, 0.2) is 54.6 Å². The molecule has 2 saturated heterocycles. The van der Waals surface area contributed by atoms with Gasteiger partial charge in [0, 0.05) is 36.8 Å². The lowest BCUT2D eigenvalue weighted by Crippen LogP contribution is -2.37. The summed E-state index contributed by atoms with van der Waals surface area (Å²) in [5.74, 6) is 0.343. The zero-order valence-corrected chi connectivity index (χ0v) is 16.1. The Bertz CT molecular complexity index is 812. The van der Waals surface area contributed by atoms with Crippen molar-refractivity contribution in [3.05, 3.63) is 60.2 Å². The number of nitrogens with zero attached hydrogens (tertiary/aromatic N) is 2. The number of carbonyl (C=O) groups is 2. The molecule has 2 aromatic rings. The van der Waals surface area contributed by atoms with E-state index in [1.54, 1.807) is 0 Å². The molecule has 0 aliphatic carbocycles. The van der Waals surface area contributed by atoms with Crippen molar-refractivity contribution in [1.82, 2.24) is 4.90 Å². The summed E-state index contributed by atoms with van der Waals surface area (Å²) >= 11 is 0. The van der Waals surface area contributed by atoms with Gasteiger partial charge in [-0.2, -0.15) is 0 Å². The van der Waals surface area contributed by atoms with Gasteiger partial charge in [-0.25, -0.2) is 0 Å². The standard InChI is InChI=1S/C23H27N3O2/c27-22-7-4-14-26(22)21-10-8-20(9-11-21)24-23(28)19-12-15-25(16-13-19)17-18-5-2-1-3-6-18/h1-3,5-6,8-11,19H,4,7,12-17H2,(H,24,28). The maximum Gasteiger partial charge on any atom is 0.227 e. The first-order valence-electron chi connectivity index (χ1n) is 10.2. The monoisotopic (exact) mass is 377 g/mol. The summed E-state index contributed by atoms with van der Waals surface area (Å²) in [5, 5.41) is 3.04. The number of amides is 2. The Kier molecular flexibility index (Phi) is 5.72. The van der Waals surface area contributed by atoms with Gasteiger partial charge in [0.05, 0.1) is 0 Å². The topological polar surface area (TPSA) is 52.7 Å². The van der Waals surface area contributed by atoms with Crippen molar-refractivity contribution in [2.24, 2.45) is 5.92 Å². The van der Waals surface area contributed by atoms with Gasteiger partial charge in [-0.15, -0.1) is 0 Å². The summed E-state index contributed by atoms with van der Waals surface area (Å²) in [6.07, 6.45) is 3.32. The number of likely N-dealkylation sites (tertiary alicyclic amines) is 1. The fourth-order valence-corrected chi connectivity index (χ4v) is 4.09. The molecular formula is C23H27N3O2. The predicted octanol–water partition coefficient (Wildman–Crippen LogP) is 3.66. The van der Waals surface area contributed by atoms with E-state index in [2.05, 4.69) is 34.5 Å². The Hall–Kier alpha value is -2.66. The molecule has 0 bridgehead atoms. The molecule has 2 aromatic carbocycles. The fraction of sp³-hybridized carbons (Fsp3) is 0.391. The lowest BCUT2D eigenvalue weighted by Gasteiger charge is -2.31. The van der Waals surface area contributed by atoms with Gasteiger partial charge in [0.2, 0.25) is 11.8 Å². The molecule has 146 valence electrons. The van der Waals surface area contributed by atoms with Crippen LogP contribution in [-0.2, 0) is 16.1 Å². The Morgan fingerprint density at radius 1 is 0.964 bits per heavy atom. The second-order valence-electron chi connectivity index (χ2n) is 7.72. The van der Waals surface area contributed by atoms with Gasteiger partial charge in [-0.3, -0.25) is 14.5 Å². The smallest absolute Gasteiger partial charge is 0.227 e. The first-order valence-corrected chi connectivity index (χ1v) is 10.2. The largest absolute Gasteiger partial charge is 0.326 e. The van der Waals surface area contributed by atoms with Crippen LogP contribution in [0.4, 0.5) is 11.4 Å². The summed E-state index contributed by atoms with van der Waals surface area (Å²) in [6.45, 7) is 3.63. The van der Waals surface area contributed by atoms with Crippen molar-refractivity contribution in [3.63, 3.8) is 0 Å². The van der Waals surface area contributed by atoms with Gasteiger partial charge in [0.1, 0.15) is 0 Å². The molecule has 0 atom stereocenters. The summed E-state index contributed by atoms with van der Waals surface area (Å²) in [4.78, 5) is 28.7. The molecule has 5 heteroatoms. The molecule has 0 saturated carbocycles. The molecule has 2 amide bonds. The van der Waals surface area contributed by atoms with Crippen LogP contribution in [0.25, 0.3) is 0 Å². The van der Waals surface area contributed by atoms with Crippen molar-refractivity contribution < 1.29 is 9.59 Å². The van der Waals surface area contributed by atoms with Gasteiger partial charge in [0.25, 0.3) is 0 Å². The number of hydrogen-bond donors (Lipinski definition) is 1. The fourth-order valence-electron chi connectivity index (χ4n) is 4.09. The molecule has 2 fully saturated rings. The van der Waals surface area contributed by atoms with Gasteiger partial charge >= 0.3 is 0 Å². The highest BCUT2D eigenvalue weighted by Crippen LogP contribution is 2.25. The van der Waals surface area contributed by atoms with Gasteiger partial charge in [-0.1, -0.05) is 30.3 Å². The average molecular weight is 377 g/mol. The Labute approximate surface area is 166 Å². The zero-order chi connectivity index (χ0) is 19.3. The molecule has 1 N–H and O–H groups in total. The minimum absolute atomic E-state index is 0.0619. The SMILES string of the molecule is O=C(Nc1ccc(N2CCCC2=O)cc1)C1CCN(Cc2ccccc2)CC1. The molecule has 0 unspecified atom stereocenters. The molecule has 0 spiro atoms. The number of nitrogens with one attached hydrogen (secondary N) is 1. The predicted molar refractivity (Wildman–Crippen MR) is 111 cm³/mol. The molecule has 28 heavy (non-hydrogen) atoms. The molecule has 5 nitrogen and oxygen atoms in total. The maximum atomic E-state index is 12.6. The van der Waals surface area contributed by atoms with E-state index in [1.807, 2.05) is 35.2 Å². The van der Waals surface area contributed by atoms with E-state index in [0.29, 0.717) is 6.42 Å². The summed E-state index contributed by atoms with van der Waals surface area (Å²) in [6, 6.07) is 18.1. The lowest BCUT2D eigenvalue weighted by atomic mass is 9.95. The Morgan fingerprint density at radius 3 is 2.32 bits per heavy atom. The zero-order valence-electron chi connectivity index (χ0n) is 16.1. The summed E-state index contributed by atoms with van der Waals surface area (Å²) in [7, 11) is 0. The third kappa shape index (κ3) is 4.42. The van der Waals surface area contributed by atoms with E-state index in [4.69, 9.17) is 0 Å². The van der Waals surface area contributed by atoms with Crippen molar-refractivity contribution >= 4 is 23.2 Å². The number of rotatable bonds is 5. The van der Waals surface area contributed by atoms with Crippen LogP contribution in [0.2, 0.25) is 0 Å². The van der Waals surface area contributed by atoms with E-state index in [0.717, 1.165) is 56.8 Å². The van der Waals surface area contributed by atoms with Crippen molar-refractivity contribution in [2.75, 3.05) is 29.9 Å². The molecular weight excluding hydrogens is 350 g/mol. The van der Waals surface area contributed by atoms with Crippen LogP contribution in [-0.4, -0.2) is 36.3 Å². The van der Waals surface area contributed by atoms with Crippen LogP contribution in [0.5, 0.6) is 0 Å². The average Bonchev–Trinajstić information content (AvgIpc) is 3.16. The second kappa shape index (κ2) is 8.57. The first-order chi connectivity index (χ1) is 13.7. The van der Waals surface area contributed by atoms with Crippen LogP contribution in [0, 0.1) is 5.92 Å². The third-order valence-electron chi connectivity index (χ3n) is 5.73. The summed E-state index contributed by atoms with van der Waals surface area (Å²) in [5.41, 5.74) is 3.03. The molecule has 4 rings (SSSR count). The summed E-state index contributed by atoms with van der Waals surface area (Å²) < 4.78 is 0. The Balaban J connectivity index is 1.27. The molecule has 2 heterocycles. The van der Waals surface area contributed by atoms with Crippen LogP contribution in [0.1, 0.15) is 31.2 Å². The maximum absolute atomic E-state index is 12.6. The van der Waals surface area contributed by atoms with Crippen LogP contribution in [0.3, 0.4) is 0 Å². The second-order valence-corrected chi connectivity index (χ2v) is 7.72. The molecule has 2 aliphatic rings. The van der Waals surface area contributed by atoms with E-state index in [9.17, 15) is 9.59 Å². The van der Waals surface area contributed by atoms with Crippen molar-refractivity contribution in [1.29, 1.82) is 0 Å². The Morgan fingerprint density at radius 2 is 1.68 bits per heavy atom.